The minimum atomic E-state index is -1.81. The number of pyridine rings is 1. The third kappa shape index (κ3) is 3.87. The molecule has 1 aliphatic carbocycles. The Hall–Kier alpha value is -3.01. The van der Waals surface area contributed by atoms with Crippen molar-refractivity contribution in [2.24, 2.45) is 0 Å². The molecule has 2 aromatic rings. The number of nitriles is 3. The van der Waals surface area contributed by atoms with Crippen LogP contribution in [0, 0.1) is 34.0 Å². The molecule has 0 radical (unpaired) electrons. The summed E-state index contributed by atoms with van der Waals surface area (Å²) in [6.45, 7) is 4.03. The van der Waals surface area contributed by atoms with E-state index in [1.807, 2.05) is 26.0 Å². The van der Waals surface area contributed by atoms with Gasteiger partial charge in [-0.15, -0.1) is 0 Å². The van der Waals surface area contributed by atoms with Crippen LogP contribution in [0.2, 0.25) is 0 Å². The first-order valence-corrected chi connectivity index (χ1v) is 10.7. The van der Waals surface area contributed by atoms with Crippen LogP contribution in [0.25, 0.3) is 0 Å². The number of ketones is 1. The molecule has 30 heavy (non-hydrogen) atoms. The van der Waals surface area contributed by atoms with E-state index in [-0.39, 0.29) is 23.8 Å². The minimum absolute atomic E-state index is 0.0839. The molecule has 0 atom stereocenters. The molecule has 0 fully saturated rings. The van der Waals surface area contributed by atoms with Gasteiger partial charge in [0.25, 0.3) is 0 Å². The third-order valence-electron chi connectivity index (χ3n) is 5.58. The lowest BCUT2D eigenvalue weighted by Gasteiger charge is -2.27. The van der Waals surface area contributed by atoms with E-state index in [4.69, 9.17) is 4.98 Å². The first-order chi connectivity index (χ1) is 14.4. The number of hydrogen-bond acceptors (Lipinski definition) is 5. The average Bonchev–Trinajstić information content (AvgIpc) is 2.76. The maximum absolute atomic E-state index is 12.9. The second-order valence-corrected chi connectivity index (χ2v) is 8.80. The van der Waals surface area contributed by atoms with Crippen LogP contribution in [0.15, 0.2) is 28.7 Å². The Labute approximate surface area is 185 Å². The van der Waals surface area contributed by atoms with Crippen molar-refractivity contribution in [2.45, 2.75) is 57.3 Å². The Morgan fingerprint density at radius 2 is 1.70 bits per heavy atom. The number of Topliss-reactive ketones (excluding diaryl/α,β-unsaturated/α-hetero) is 1. The maximum atomic E-state index is 12.9. The van der Waals surface area contributed by atoms with Gasteiger partial charge in [-0.05, 0) is 54.9 Å². The summed E-state index contributed by atoms with van der Waals surface area (Å²) in [7, 11) is 0. The molecule has 1 aliphatic rings. The van der Waals surface area contributed by atoms with Gasteiger partial charge in [-0.1, -0.05) is 41.9 Å². The van der Waals surface area contributed by atoms with Crippen molar-refractivity contribution in [3.05, 3.63) is 62.4 Å². The van der Waals surface area contributed by atoms with Gasteiger partial charge in [-0.2, -0.15) is 15.8 Å². The average molecular weight is 461 g/mol. The lowest BCUT2D eigenvalue weighted by atomic mass is 9.75. The predicted molar refractivity (Wildman–Crippen MR) is 116 cm³/mol. The zero-order valence-corrected chi connectivity index (χ0v) is 18.6. The van der Waals surface area contributed by atoms with E-state index in [2.05, 4.69) is 22.0 Å². The SMILES string of the molecule is CC(C)c1nc(C(C#N)(C#N)CC(=O)c2ccc(Br)cc2)c(C#N)c2c1CCCC2. The van der Waals surface area contributed by atoms with Gasteiger partial charge in [-0.3, -0.25) is 9.78 Å². The number of hydrogen-bond donors (Lipinski definition) is 0. The van der Waals surface area contributed by atoms with Crippen molar-refractivity contribution >= 4 is 21.7 Å². The Morgan fingerprint density at radius 1 is 1.10 bits per heavy atom. The van der Waals surface area contributed by atoms with Gasteiger partial charge < -0.3 is 0 Å². The molecule has 0 unspecified atom stereocenters. The lowest BCUT2D eigenvalue weighted by molar-refractivity contribution is 0.0970. The normalized spacial score (nSPS) is 13.1. The molecule has 1 aromatic heterocycles. The van der Waals surface area contributed by atoms with E-state index in [1.54, 1.807) is 24.3 Å². The van der Waals surface area contributed by atoms with E-state index in [0.717, 1.165) is 47.0 Å². The van der Waals surface area contributed by atoms with Crippen LogP contribution < -0.4 is 0 Å². The second kappa shape index (κ2) is 8.78. The fraction of sp³-hybridized carbons (Fsp3) is 0.375. The molecule has 3 rings (SSSR count). The number of carbonyl (C=O) groups is 1. The molecule has 0 saturated heterocycles. The quantitative estimate of drug-likeness (QED) is 0.564. The first-order valence-electron chi connectivity index (χ1n) is 9.94. The van der Waals surface area contributed by atoms with Crippen molar-refractivity contribution < 1.29 is 4.79 Å². The summed E-state index contributed by atoms with van der Waals surface area (Å²) >= 11 is 3.33. The van der Waals surface area contributed by atoms with Crippen LogP contribution in [-0.2, 0) is 18.3 Å². The van der Waals surface area contributed by atoms with Crippen molar-refractivity contribution in [1.82, 2.24) is 4.98 Å². The Bertz CT molecular complexity index is 1100. The smallest absolute Gasteiger partial charge is 0.193 e. The van der Waals surface area contributed by atoms with Crippen molar-refractivity contribution in [3.63, 3.8) is 0 Å². The number of benzene rings is 1. The van der Waals surface area contributed by atoms with Gasteiger partial charge in [-0.25, -0.2) is 0 Å². The highest BCUT2D eigenvalue weighted by molar-refractivity contribution is 9.10. The van der Waals surface area contributed by atoms with Crippen LogP contribution >= 0.6 is 15.9 Å². The summed E-state index contributed by atoms with van der Waals surface area (Å²) in [5.74, 6) is -0.249. The molecular formula is C24H21BrN4O. The van der Waals surface area contributed by atoms with Gasteiger partial charge in [0.1, 0.15) is 6.07 Å². The second-order valence-electron chi connectivity index (χ2n) is 7.89. The standard InChI is InChI=1S/C24H21BrN4O/c1-15(2)22-19-6-4-3-5-18(19)20(12-26)23(29-22)24(13-27,14-28)11-21(30)16-7-9-17(25)10-8-16/h7-10,15H,3-6,11H2,1-2H3. The molecule has 0 spiro atoms. The van der Waals surface area contributed by atoms with Gasteiger partial charge in [0, 0.05) is 22.2 Å². The van der Waals surface area contributed by atoms with Crippen LogP contribution in [0.5, 0.6) is 0 Å². The van der Waals surface area contributed by atoms with Crippen LogP contribution in [-0.4, -0.2) is 10.8 Å². The zero-order valence-electron chi connectivity index (χ0n) is 17.0. The molecule has 0 saturated carbocycles. The Morgan fingerprint density at radius 3 is 2.23 bits per heavy atom. The number of fused-ring (bicyclic) bond motifs is 1. The highest BCUT2D eigenvalue weighted by Gasteiger charge is 2.41. The molecular weight excluding hydrogens is 440 g/mol. The summed E-state index contributed by atoms with van der Waals surface area (Å²) in [6, 6.07) is 13.1. The van der Waals surface area contributed by atoms with Gasteiger partial charge in [0.05, 0.1) is 23.4 Å². The van der Waals surface area contributed by atoms with E-state index in [9.17, 15) is 20.6 Å². The molecule has 0 amide bonds. The Balaban J connectivity index is 2.18. The van der Waals surface area contributed by atoms with Gasteiger partial charge in [0.15, 0.2) is 11.2 Å². The van der Waals surface area contributed by atoms with Gasteiger partial charge in [0.2, 0.25) is 0 Å². The summed E-state index contributed by atoms with van der Waals surface area (Å²) in [5.41, 5.74) is 1.80. The molecule has 5 nitrogen and oxygen atoms in total. The topological polar surface area (TPSA) is 101 Å². The zero-order chi connectivity index (χ0) is 21.9. The molecule has 0 N–H and O–H groups in total. The molecule has 150 valence electrons. The molecule has 0 aliphatic heterocycles. The summed E-state index contributed by atoms with van der Waals surface area (Å²) in [4.78, 5) is 17.6. The maximum Gasteiger partial charge on any atom is 0.193 e. The number of aromatic nitrogens is 1. The van der Waals surface area contributed by atoms with Gasteiger partial charge >= 0.3 is 0 Å². The molecule has 6 heteroatoms. The predicted octanol–water partition coefficient (Wildman–Crippen LogP) is 5.28. The monoisotopic (exact) mass is 460 g/mol. The third-order valence-corrected chi connectivity index (χ3v) is 6.11. The fourth-order valence-corrected chi connectivity index (χ4v) is 4.29. The summed E-state index contributed by atoms with van der Waals surface area (Å²) in [6.07, 6.45) is 3.20. The van der Waals surface area contributed by atoms with E-state index < -0.39 is 5.41 Å². The Kier molecular flexibility index (Phi) is 6.35. The summed E-state index contributed by atoms with van der Waals surface area (Å²) < 4.78 is 0.829. The molecule has 1 aromatic carbocycles. The lowest BCUT2D eigenvalue weighted by Crippen LogP contribution is -2.30. The summed E-state index contributed by atoms with van der Waals surface area (Å²) in [5, 5.41) is 30.0. The van der Waals surface area contributed by atoms with E-state index in [0.29, 0.717) is 11.1 Å². The van der Waals surface area contributed by atoms with E-state index in [1.165, 1.54) is 0 Å². The molecule has 1 heterocycles. The minimum Gasteiger partial charge on any atom is -0.294 e. The van der Waals surface area contributed by atoms with Crippen molar-refractivity contribution in [3.8, 4) is 18.2 Å². The number of halogens is 1. The molecule has 0 bridgehead atoms. The number of nitrogens with zero attached hydrogens (tertiary/aromatic N) is 4. The van der Waals surface area contributed by atoms with E-state index >= 15 is 0 Å². The number of carbonyl (C=O) groups excluding carboxylic acids is 1. The largest absolute Gasteiger partial charge is 0.294 e. The fourth-order valence-electron chi connectivity index (χ4n) is 4.03. The van der Waals surface area contributed by atoms with Crippen LogP contribution in [0.1, 0.15) is 77.5 Å². The highest BCUT2D eigenvalue weighted by atomic mass is 79.9. The van der Waals surface area contributed by atoms with Crippen LogP contribution in [0.4, 0.5) is 0 Å². The van der Waals surface area contributed by atoms with Crippen molar-refractivity contribution in [2.75, 3.05) is 0 Å². The first kappa shape index (κ1) is 21.7. The highest BCUT2D eigenvalue weighted by Crippen LogP contribution is 2.37. The number of rotatable bonds is 5. The van der Waals surface area contributed by atoms with Crippen molar-refractivity contribution in [1.29, 1.82) is 15.8 Å². The van der Waals surface area contributed by atoms with Crippen LogP contribution in [0.3, 0.4) is 0 Å².